The minimum absolute atomic E-state index is 0.167. The Morgan fingerprint density at radius 3 is 2.48 bits per heavy atom. The molecule has 4 nitrogen and oxygen atoms in total. The van der Waals surface area contributed by atoms with Crippen LogP contribution in [-0.4, -0.2) is 15.0 Å². The summed E-state index contributed by atoms with van der Waals surface area (Å²) >= 11 is 1.49. The van der Waals surface area contributed by atoms with Gasteiger partial charge in [-0.2, -0.15) is 0 Å². The topological polar surface area (TPSA) is 72.2 Å². The van der Waals surface area contributed by atoms with Crippen LogP contribution in [0.1, 0.15) is 27.8 Å². The summed E-state index contributed by atoms with van der Waals surface area (Å²) in [6.07, 6.45) is 0.561. The van der Waals surface area contributed by atoms with Gasteiger partial charge in [-0.05, 0) is 31.9 Å². The molecule has 6 heteroatoms. The Kier molecular flexibility index (Phi) is 5.16. The molecule has 0 radical (unpaired) electrons. The highest BCUT2D eigenvalue weighted by atomic mass is 32.2. The molecule has 1 heterocycles. The summed E-state index contributed by atoms with van der Waals surface area (Å²) in [6, 6.07) is 11.2. The van der Waals surface area contributed by atoms with Crippen LogP contribution in [0.4, 0.5) is 0 Å². The molecule has 2 rings (SSSR count). The molecule has 1 unspecified atom stereocenters. The largest absolute Gasteiger partial charge is 0.324 e. The third-order valence-corrected chi connectivity index (χ3v) is 5.94. The number of thiophene rings is 1. The summed E-state index contributed by atoms with van der Waals surface area (Å²) in [7, 11) is -3.44. The molecule has 1 atom stereocenters. The van der Waals surface area contributed by atoms with Gasteiger partial charge in [-0.15, -0.1) is 11.3 Å². The second-order valence-corrected chi connectivity index (χ2v) is 8.18. The first-order valence-corrected chi connectivity index (χ1v) is 9.07. The second kappa shape index (κ2) is 6.70. The molecule has 0 bridgehead atoms. The summed E-state index contributed by atoms with van der Waals surface area (Å²) in [6.45, 7) is 4.05. The van der Waals surface area contributed by atoms with Crippen molar-refractivity contribution in [3.63, 3.8) is 0 Å². The highest BCUT2D eigenvalue weighted by Crippen LogP contribution is 2.24. The molecule has 0 spiro atoms. The van der Waals surface area contributed by atoms with Crippen molar-refractivity contribution in [1.29, 1.82) is 0 Å². The van der Waals surface area contributed by atoms with Crippen molar-refractivity contribution in [1.82, 2.24) is 4.72 Å². The predicted octanol–water partition coefficient (Wildman–Crippen LogP) is 2.73. The number of nitrogens with two attached hydrogens (primary N) is 1. The van der Waals surface area contributed by atoms with Gasteiger partial charge >= 0.3 is 0 Å². The molecule has 0 saturated carbocycles. The molecule has 3 N–H and O–H groups in total. The van der Waals surface area contributed by atoms with Crippen molar-refractivity contribution >= 4 is 21.4 Å². The Morgan fingerprint density at radius 1 is 1.24 bits per heavy atom. The summed E-state index contributed by atoms with van der Waals surface area (Å²) in [5, 5.41) is 0. The first-order chi connectivity index (χ1) is 9.90. The maximum absolute atomic E-state index is 12.2. The van der Waals surface area contributed by atoms with E-state index in [-0.39, 0.29) is 6.04 Å². The fourth-order valence-corrected chi connectivity index (χ4v) is 4.77. The van der Waals surface area contributed by atoms with E-state index >= 15 is 0 Å². The van der Waals surface area contributed by atoms with E-state index in [1.165, 1.54) is 11.3 Å². The van der Waals surface area contributed by atoms with Crippen LogP contribution >= 0.6 is 11.3 Å². The summed E-state index contributed by atoms with van der Waals surface area (Å²) < 4.78 is 27.1. The zero-order chi connectivity index (χ0) is 15.5. The van der Waals surface area contributed by atoms with Crippen molar-refractivity contribution in [2.45, 2.75) is 31.2 Å². The highest BCUT2D eigenvalue weighted by Gasteiger charge is 2.19. The number of aryl methyl sites for hydroxylation is 2. The SMILES string of the molecule is Cc1cc(S(=O)(=O)NCCC(N)c2ccccc2)c(C)s1. The van der Waals surface area contributed by atoms with Crippen LogP contribution in [0.25, 0.3) is 0 Å². The maximum Gasteiger partial charge on any atom is 0.241 e. The average molecular weight is 324 g/mol. The highest BCUT2D eigenvalue weighted by molar-refractivity contribution is 7.89. The van der Waals surface area contributed by atoms with E-state index in [1.54, 1.807) is 6.07 Å². The van der Waals surface area contributed by atoms with Crippen LogP contribution in [0.15, 0.2) is 41.3 Å². The summed E-state index contributed by atoms with van der Waals surface area (Å²) in [4.78, 5) is 2.18. The Labute approximate surface area is 130 Å². The maximum atomic E-state index is 12.2. The quantitative estimate of drug-likeness (QED) is 0.858. The molecule has 0 aliphatic heterocycles. The third-order valence-electron chi connectivity index (χ3n) is 3.26. The minimum Gasteiger partial charge on any atom is -0.324 e. The lowest BCUT2D eigenvalue weighted by Crippen LogP contribution is -2.27. The molecule has 1 aromatic carbocycles. The smallest absolute Gasteiger partial charge is 0.241 e. The van der Waals surface area contributed by atoms with Gasteiger partial charge in [0.25, 0.3) is 0 Å². The van der Waals surface area contributed by atoms with Crippen LogP contribution in [0.5, 0.6) is 0 Å². The Balaban J connectivity index is 1.95. The normalized spacial score (nSPS) is 13.3. The Hall–Kier alpha value is -1.21. The van der Waals surface area contributed by atoms with E-state index in [1.807, 2.05) is 44.2 Å². The second-order valence-electron chi connectivity index (χ2n) is 4.98. The van der Waals surface area contributed by atoms with E-state index in [2.05, 4.69) is 4.72 Å². The van der Waals surface area contributed by atoms with Crippen molar-refractivity contribution in [3.05, 3.63) is 51.7 Å². The molecule has 0 saturated heterocycles. The van der Waals surface area contributed by atoms with E-state index in [0.717, 1.165) is 15.3 Å². The Bertz CT molecular complexity index is 694. The van der Waals surface area contributed by atoms with E-state index in [0.29, 0.717) is 17.9 Å². The third kappa shape index (κ3) is 4.14. The number of benzene rings is 1. The zero-order valence-corrected chi connectivity index (χ0v) is 13.8. The average Bonchev–Trinajstić information content (AvgIpc) is 2.79. The van der Waals surface area contributed by atoms with E-state index in [9.17, 15) is 8.42 Å². The van der Waals surface area contributed by atoms with Gasteiger partial charge in [-0.3, -0.25) is 0 Å². The number of nitrogens with one attached hydrogen (secondary N) is 1. The molecule has 2 aromatic rings. The number of sulfonamides is 1. The fourth-order valence-electron chi connectivity index (χ4n) is 2.17. The lowest BCUT2D eigenvalue weighted by molar-refractivity contribution is 0.569. The van der Waals surface area contributed by atoms with Crippen molar-refractivity contribution in [2.75, 3.05) is 6.54 Å². The standard InChI is InChI=1S/C15H20N2O2S2/c1-11-10-15(12(2)20-11)21(18,19)17-9-8-14(16)13-6-4-3-5-7-13/h3-7,10,14,17H,8-9,16H2,1-2H3. The van der Waals surface area contributed by atoms with Gasteiger partial charge in [0.15, 0.2) is 0 Å². The van der Waals surface area contributed by atoms with E-state index < -0.39 is 10.0 Å². The van der Waals surface area contributed by atoms with Gasteiger partial charge in [0.05, 0.1) is 4.90 Å². The lowest BCUT2D eigenvalue weighted by atomic mass is 10.1. The monoisotopic (exact) mass is 324 g/mol. The van der Waals surface area contributed by atoms with Gasteiger partial charge < -0.3 is 5.73 Å². The molecule has 114 valence electrons. The lowest BCUT2D eigenvalue weighted by Gasteiger charge is -2.12. The van der Waals surface area contributed by atoms with Crippen LogP contribution in [0.2, 0.25) is 0 Å². The van der Waals surface area contributed by atoms with Gasteiger partial charge in [-0.1, -0.05) is 30.3 Å². The van der Waals surface area contributed by atoms with Crippen LogP contribution in [-0.2, 0) is 10.0 Å². The molecule has 21 heavy (non-hydrogen) atoms. The van der Waals surface area contributed by atoms with Crippen molar-refractivity contribution in [2.24, 2.45) is 5.73 Å². The molecular formula is C15H20N2O2S2. The molecule has 1 aromatic heterocycles. The molecule has 0 fully saturated rings. The van der Waals surface area contributed by atoms with Crippen molar-refractivity contribution < 1.29 is 8.42 Å². The number of hydrogen-bond acceptors (Lipinski definition) is 4. The molecule has 0 amide bonds. The van der Waals surface area contributed by atoms with Gasteiger partial charge in [0, 0.05) is 22.3 Å². The minimum atomic E-state index is -3.44. The first-order valence-electron chi connectivity index (χ1n) is 6.77. The Morgan fingerprint density at radius 2 is 1.90 bits per heavy atom. The van der Waals surface area contributed by atoms with Crippen LogP contribution in [0.3, 0.4) is 0 Å². The summed E-state index contributed by atoms with van der Waals surface area (Å²) in [5.74, 6) is 0. The van der Waals surface area contributed by atoms with Gasteiger partial charge in [-0.25, -0.2) is 13.1 Å². The number of rotatable bonds is 6. The van der Waals surface area contributed by atoms with E-state index in [4.69, 9.17) is 5.73 Å². The number of hydrogen-bond donors (Lipinski definition) is 2. The molecular weight excluding hydrogens is 304 g/mol. The zero-order valence-electron chi connectivity index (χ0n) is 12.2. The van der Waals surface area contributed by atoms with Gasteiger partial charge in [0.2, 0.25) is 10.0 Å². The molecule has 0 aliphatic rings. The fraction of sp³-hybridized carbons (Fsp3) is 0.333. The van der Waals surface area contributed by atoms with Crippen LogP contribution < -0.4 is 10.5 Å². The van der Waals surface area contributed by atoms with Gasteiger partial charge in [0.1, 0.15) is 0 Å². The molecule has 0 aliphatic carbocycles. The summed E-state index contributed by atoms with van der Waals surface area (Å²) in [5.41, 5.74) is 7.08. The van der Waals surface area contributed by atoms with Crippen molar-refractivity contribution in [3.8, 4) is 0 Å². The van der Waals surface area contributed by atoms with Crippen LogP contribution in [0, 0.1) is 13.8 Å². The predicted molar refractivity (Wildman–Crippen MR) is 87.0 cm³/mol. The first kappa shape index (κ1) is 16.2.